The molecule has 0 saturated heterocycles. The van der Waals surface area contributed by atoms with E-state index in [1.165, 1.54) is 7.11 Å². The molecule has 1 aromatic heterocycles. The molecule has 0 aliphatic rings. The molecule has 0 fully saturated rings. The first-order valence-electron chi connectivity index (χ1n) is 8.36. The smallest absolute Gasteiger partial charge is 0.339 e. The SMILES string of the molecule is COC(=O)c1ccccc1NC(=O)c1cc(Nc2ccccc2C)ccn1. The monoisotopic (exact) mass is 361 g/mol. The van der Waals surface area contributed by atoms with Gasteiger partial charge in [-0.1, -0.05) is 30.3 Å². The number of esters is 1. The van der Waals surface area contributed by atoms with Crippen LogP contribution in [-0.4, -0.2) is 24.0 Å². The van der Waals surface area contributed by atoms with E-state index in [4.69, 9.17) is 4.74 Å². The van der Waals surface area contributed by atoms with Gasteiger partial charge in [0.1, 0.15) is 5.69 Å². The number of amides is 1. The second kappa shape index (κ2) is 8.14. The largest absolute Gasteiger partial charge is 0.465 e. The van der Waals surface area contributed by atoms with Crippen molar-refractivity contribution in [1.29, 1.82) is 0 Å². The molecule has 0 radical (unpaired) electrons. The summed E-state index contributed by atoms with van der Waals surface area (Å²) in [6.07, 6.45) is 1.56. The average molecular weight is 361 g/mol. The van der Waals surface area contributed by atoms with Gasteiger partial charge in [-0.2, -0.15) is 0 Å². The number of ether oxygens (including phenoxy) is 1. The Hall–Kier alpha value is -3.67. The van der Waals surface area contributed by atoms with Gasteiger partial charge in [0.25, 0.3) is 5.91 Å². The average Bonchev–Trinajstić information content (AvgIpc) is 2.70. The zero-order valence-corrected chi connectivity index (χ0v) is 15.0. The quantitative estimate of drug-likeness (QED) is 0.667. The summed E-state index contributed by atoms with van der Waals surface area (Å²) in [4.78, 5) is 28.6. The number of aryl methyl sites for hydroxylation is 1. The van der Waals surface area contributed by atoms with Crippen LogP contribution in [0.4, 0.5) is 17.1 Å². The van der Waals surface area contributed by atoms with Crippen LogP contribution in [0.15, 0.2) is 66.9 Å². The minimum atomic E-state index is -0.520. The highest BCUT2D eigenvalue weighted by atomic mass is 16.5. The van der Waals surface area contributed by atoms with Crippen molar-refractivity contribution in [3.05, 3.63) is 83.7 Å². The van der Waals surface area contributed by atoms with E-state index >= 15 is 0 Å². The van der Waals surface area contributed by atoms with Crippen molar-refractivity contribution < 1.29 is 14.3 Å². The van der Waals surface area contributed by atoms with E-state index in [2.05, 4.69) is 15.6 Å². The molecular weight excluding hydrogens is 342 g/mol. The predicted octanol–water partition coefficient (Wildman–Crippen LogP) is 4.17. The highest BCUT2D eigenvalue weighted by Gasteiger charge is 2.15. The Labute approximate surface area is 157 Å². The van der Waals surface area contributed by atoms with E-state index in [0.717, 1.165) is 16.9 Å². The summed E-state index contributed by atoms with van der Waals surface area (Å²) in [5.41, 5.74) is 3.66. The molecular formula is C21H19N3O3. The lowest BCUT2D eigenvalue weighted by atomic mass is 10.1. The number of benzene rings is 2. The second-order valence-corrected chi connectivity index (χ2v) is 5.86. The van der Waals surface area contributed by atoms with Crippen LogP contribution in [-0.2, 0) is 4.74 Å². The van der Waals surface area contributed by atoms with Crippen molar-refractivity contribution in [2.75, 3.05) is 17.7 Å². The van der Waals surface area contributed by atoms with Gasteiger partial charge < -0.3 is 15.4 Å². The third kappa shape index (κ3) is 4.30. The van der Waals surface area contributed by atoms with Crippen LogP contribution in [0.25, 0.3) is 0 Å². The lowest BCUT2D eigenvalue weighted by Crippen LogP contribution is -2.16. The molecule has 3 aromatic rings. The molecule has 1 amide bonds. The molecule has 27 heavy (non-hydrogen) atoms. The molecule has 0 aliphatic carbocycles. The Kier molecular flexibility index (Phi) is 5.47. The number of rotatable bonds is 5. The number of nitrogens with one attached hydrogen (secondary N) is 2. The highest BCUT2D eigenvalue weighted by Crippen LogP contribution is 2.21. The van der Waals surface area contributed by atoms with E-state index in [1.54, 1.807) is 42.6 Å². The van der Waals surface area contributed by atoms with Gasteiger partial charge >= 0.3 is 5.97 Å². The van der Waals surface area contributed by atoms with E-state index in [-0.39, 0.29) is 11.3 Å². The number of hydrogen-bond donors (Lipinski definition) is 2. The van der Waals surface area contributed by atoms with Crippen LogP contribution in [0.2, 0.25) is 0 Å². The number of carbonyl (C=O) groups is 2. The molecule has 6 heteroatoms. The third-order valence-corrected chi connectivity index (χ3v) is 4.00. The van der Waals surface area contributed by atoms with Gasteiger partial charge in [-0.15, -0.1) is 0 Å². The fourth-order valence-corrected chi connectivity index (χ4v) is 2.57. The van der Waals surface area contributed by atoms with Crippen molar-refractivity contribution >= 4 is 28.9 Å². The Balaban J connectivity index is 1.81. The summed E-state index contributed by atoms with van der Waals surface area (Å²) in [6, 6.07) is 18.0. The van der Waals surface area contributed by atoms with E-state index in [9.17, 15) is 9.59 Å². The molecule has 0 spiro atoms. The van der Waals surface area contributed by atoms with E-state index in [0.29, 0.717) is 5.69 Å². The Bertz CT molecular complexity index is 986. The number of anilines is 3. The number of carbonyl (C=O) groups excluding carboxylic acids is 2. The zero-order valence-electron chi connectivity index (χ0n) is 15.0. The first-order valence-corrected chi connectivity index (χ1v) is 8.36. The number of para-hydroxylation sites is 2. The standard InChI is InChI=1S/C21H19N3O3/c1-14-7-3-5-9-17(14)23-15-11-12-22-19(13-15)20(25)24-18-10-6-4-8-16(18)21(26)27-2/h3-13H,1-2H3,(H,22,23)(H,24,25). The van der Waals surface area contributed by atoms with Gasteiger partial charge in [0.2, 0.25) is 0 Å². The molecule has 0 saturated carbocycles. The Morgan fingerprint density at radius 3 is 2.41 bits per heavy atom. The lowest BCUT2D eigenvalue weighted by Gasteiger charge is -2.11. The third-order valence-electron chi connectivity index (χ3n) is 4.00. The van der Waals surface area contributed by atoms with Gasteiger partial charge in [0.15, 0.2) is 0 Å². The Morgan fingerprint density at radius 1 is 0.963 bits per heavy atom. The number of hydrogen-bond acceptors (Lipinski definition) is 5. The number of nitrogens with zero attached hydrogens (tertiary/aromatic N) is 1. The first kappa shape index (κ1) is 18.1. The number of aromatic nitrogens is 1. The van der Waals surface area contributed by atoms with Gasteiger partial charge in [0.05, 0.1) is 18.4 Å². The van der Waals surface area contributed by atoms with E-state index < -0.39 is 11.9 Å². The first-order chi connectivity index (χ1) is 13.1. The molecule has 1 heterocycles. The molecule has 6 nitrogen and oxygen atoms in total. The predicted molar refractivity (Wildman–Crippen MR) is 104 cm³/mol. The summed E-state index contributed by atoms with van der Waals surface area (Å²) in [5.74, 6) is -0.936. The molecule has 2 N–H and O–H groups in total. The number of pyridine rings is 1. The fraction of sp³-hybridized carbons (Fsp3) is 0.0952. The van der Waals surface area contributed by atoms with Crippen molar-refractivity contribution in [2.24, 2.45) is 0 Å². The van der Waals surface area contributed by atoms with Crippen LogP contribution in [0, 0.1) is 6.92 Å². The second-order valence-electron chi connectivity index (χ2n) is 5.86. The van der Waals surface area contributed by atoms with Crippen molar-refractivity contribution in [3.8, 4) is 0 Å². The van der Waals surface area contributed by atoms with Crippen molar-refractivity contribution in [3.63, 3.8) is 0 Å². The minimum absolute atomic E-state index is 0.230. The molecule has 136 valence electrons. The molecule has 0 bridgehead atoms. The summed E-state index contributed by atoms with van der Waals surface area (Å²) >= 11 is 0. The minimum Gasteiger partial charge on any atom is -0.465 e. The molecule has 0 atom stereocenters. The van der Waals surface area contributed by atoms with E-state index in [1.807, 2.05) is 31.2 Å². The van der Waals surface area contributed by atoms with Gasteiger partial charge in [-0.05, 0) is 42.8 Å². The van der Waals surface area contributed by atoms with Crippen LogP contribution in [0.1, 0.15) is 26.4 Å². The van der Waals surface area contributed by atoms with Gasteiger partial charge in [0, 0.05) is 17.6 Å². The summed E-state index contributed by atoms with van der Waals surface area (Å²) in [5, 5.41) is 5.99. The molecule has 0 unspecified atom stereocenters. The van der Waals surface area contributed by atoms with Gasteiger partial charge in [-0.25, -0.2) is 4.79 Å². The Morgan fingerprint density at radius 2 is 1.67 bits per heavy atom. The van der Waals surface area contributed by atoms with Crippen molar-refractivity contribution in [2.45, 2.75) is 6.92 Å². The normalized spacial score (nSPS) is 10.1. The maximum atomic E-state index is 12.6. The summed E-state index contributed by atoms with van der Waals surface area (Å²) in [7, 11) is 1.29. The van der Waals surface area contributed by atoms with Crippen LogP contribution < -0.4 is 10.6 Å². The highest BCUT2D eigenvalue weighted by molar-refractivity contribution is 6.07. The fourth-order valence-electron chi connectivity index (χ4n) is 2.57. The summed E-state index contributed by atoms with van der Waals surface area (Å²) < 4.78 is 4.75. The van der Waals surface area contributed by atoms with Crippen LogP contribution in [0.3, 0.4) is 0 Å². The zero-order chi connectivity index (χ0) is 19.2. The topological polar surface area (TPSA) is 80.3 Å². The van der Waals surface area contributed by atoms with Crippen LogP contribution >= 0.6 is 0 Å². The molecule has 2 aromatic carbocycles. The van der Waals surface area contributed by atoms with Crippen LogP contribution in [0.5, 0.6) is 0 Å². The lowest BCUT2D eigenvalue weighted by molar-refractivity contribution is 0.0602. The molecule has 0 aliphatic heterocycles. The summed E-state index contributed by atoms with van der Waals surface area (Å²) in [6.45, 7) is 2.00. The molecule has 3 rings (SSSR count). The van der Waals surface area contributed by atoms with Crippen molar-refractivity contribution in [1.82, 2.24) is 4.98 Å². The maximum absolute atomic E-state index is 12.6. The maximum Gasteiger partial charge on any atom is 0.339 e. The number of methoxy groups -OCH3 is 1. The van der Waals surface area contributed by atoms with Gasteiger partial charge in [-0.3, -0.25) is 9.78 Å².